The Bertz CT molecular complexity index is 1410. The lowest BCUT2D eigenvalue weighted by atomic mass is 10.0. The van der Waals surface area contributed by atoms with Crippen molar-refractivity contribution in [2.75, 3.05) is 13.2 Å². The van der Waals surface area contributed by atoms with Crippen molar-refractivity contribution >= 4 is 17.9 Å². The summed E-state index contributed by atoms with van der Waals surface area (Å²) in [5.74, 6) is -0.944. The minimum absolute atomic E-state index is 0.0994. The van der Waals surface area contributed by atoms with Gasteiger partial charge in [0.05, 0.1) is 0 Å². The van der Waals surface area contributed by atoms with Crippen LogP contribution in [-0.4, -0.2) is 37.2 Å². The normalized spacial score (nSPS) is 12.8. The molecule has 6 nitrogen and oxygen atoms in total. The zero-order valence-electron chi connectivity index (χ0n) is 46.5. The highest BCUT2D eigenvalue weighted by atomic mass is 16.6. The Morgan fingerprint density at radius 2 is 0.549 bits per heavy atom. The molecule has 6 heteroatoms. The van der Waals surface area contributed by atoms with Crippen molar-refractivity contribution in [2.24, 2.45) is 0 Å². The van der Waals surface area contributed by atoms with Gasteiger partial charge in [0, 0.05) is 19.3 Å². The van der Waals surface area contributed by atoms with Gasteiger partial charge in [-0.25, -0.2) is 0 Å². The molecule has 0 N–H and O–H groups in total. The Balaban J connectivity index is 4.48. The molecule has 0 unspecified atom stereocenters. The highest BCUT2D eigenvalue weighted by Crippen LogP contribution is 2.16. The number of esters is 3. The van der Waals surface area contributed by atoms with Crippen LogP contribution in [0.5, 0.6) is 0 Å². The summed E-state index contributed by atoms with van der Waals surface area (Å²) in [6.45, 7) is 6.47. The first kappa shape index (κ1) is 67.3. The number of unbranched alkanes of at least 4 members (excludes halogenated alkanes) is 26. The summed E-state index contributed by atoms with van der Waals surface area (Å²) in [4.78, 5) is 38.2. The maximum absolute atomic E-state index is 12.9. The minimum Gasteiger partial charge on any atom is -0.462 e. The van der Waals surface area contributed by atoms with E-state index in [2.05, 4.69) is 118 Å². The molecule has 406 valence electrons. The Labute approximate surface area is 438 Å². The van der Waals surface area contributed by atoms with Gasteiger partial charge < -0.3 is 14.2 Å². The van der Waals surface area contributed by atoms with E-state index in [0.717, 1.165) is 122 Å². The van der Waals surface area contributed by atoms with Crippen LogP contribution in [0.3, 0.4) is 0 Å². The number of ether oxygens (including phenoxy) is 3. The Hall–Kier alpha value is -3.67. The van der Waals surface area contributed by atoms with E-state index in [-0.39, 0.29) is 31.1 Å². The van der Waals surface area contributed by atoms with Crippen LogP contribution in [-0.2, 0) is 28.6 Å². The lowest BCUT2D eigenvalue weighted by Crippen LogP contribution is -2.30. The van der Waals surface area contributed by atoms with E-state index in [0.29, 0.717) is 19.3 Å². The van der Waals surface area contributed by atoms with Gasteiger partial charge in [-0.1, -0.05) is 253 Å². The molecule has 0 aliphatic heterocycles. The van der Waals surface area contributed by atoms with Crippen LogP contribution < -0.4 is 0 Å². The number of allylic oxidation sites excluding steroid dienone is 16. The fourth-order valence-electron chi connectivity index (χ4n) is 8.12. The fourth-order valence-corrected chi connectivity index (χ4v) is 8.12. The Kier molecular flexibility index (Phi) is 55.9. The maximum atomic E-state index is 12.9. The van der Waals surface area contributed by atoms with Crippen molar-refractivity contribution in [3.63, 3.8) is 0 Å². The van der Waals surface area contributed by atoms with Crippen molar-refractivity contribution in [1.29, 1.82) is 0 Å². The van der Waals surface area contributed by atoms with Gasteiger partial charge in [0.2, 0.25) is 0 Å². The minimum atomic E-state index is -0.801. The lowest BCUT2D eigenvalue weighted by molar-refractivity contribution is -0.167. The highest BCUT2D eigenvalue weighted by Gasteiger charge is 2.19. The first-order valence-corrected chi connectivity index (χ1v) is 29.7. The summed E-state index contributed by atoms with van der Waals surface area (Å²) >= 11 is 0. The molecule has 0 aromatic heterocycles. The fraction of sp³-hybridized carbons (Fsp3) is 0.708. The second-order valence-corrected chi connectivity index (χ2v) is 19.5. The Morgan fingerprint density at radius 1 is 0.296 bits per heavy atom. The molecule has 0 bridgehead atoms. The van der Waals surface area contributed by atoms with Gasteiger partial charge in [-0.3, -0.25) is 14.4 Å². The lowest BCUT2D eigenvalue weighted by Gasteiger charge is -2.18. The van der Waals surface area contributed by atoms with Crippen molar-refractivity contribution in [1.82, 2.24) is 0 Å². The second kappa shape index (κ2) is 58.9. The number of rotatable bonds is 53. The largest absolute Gasteiger partial charge is 0.462 e. The van der Waals surface area contributed by atoms with Crippen LogP contribution in [0.2, 0.25) is 0 Å². The molecular weight excluding hydrogens is 877 g/mol. The molecule has 0 heterocycles. The monoisotopic (exact) mass is 987 g/mol. The first-order valence-electron chi connectivity index (χ1n) is 29.7. The standard InChI is InChI=1S/C65H110O6/c1-4-7-10-13-16-19-22-25-28-31-32-35-37-40-43-46-49-52-55-58-64(67)70-61-62(71-65(68)59-56-53-50-47-44-41-38-34-30-27-24-21-18-15-12-9-6-3)60-69-63(66)57-54-51-48-45-42-39-36-33-29-26-23-20-17-14-11-8-5-2/h8,11,16-17,19-20,25-26,28-29,32,35-36,39-40,43,62H,4-7,9-10,12-15,18,21-24,27,30-31,33-34,37-38,41-42,44-61H2,1-3H3/b11-8-,19-16-,20-17-,28-25-,29-26-,35-32-,39-36-,43-40-/t62-/m1/s1. The number of hydrogen-bond donors (Lipinski definition) is 0. The number of carbonyl (C=O) groups is 3. The third-order valence-electron chi connectivity index (χ3n) is 12.6. The highest BCUT2D eigenvalue weighted by molar-refractivity contribution is 5.71. The molecule has 0 aliphatic carbocycles. The molecule has 0 aromatic rings. The third-order valence-corrected chi connectivity index (χ3v) is 12.6. The molecule has 0 aliphatic rings. The molecule has 0 radical (unpaired) electrons. The molecule has 0 aromatic carbocycles. The predicted octanol–water partition coefficient (Wildman–Crippen LogP) is 20.1. The van der Waals surface area contributed by atoms with Gasteiger partial charge in [-0.15, -0.1) is 0 Å². The topological polar surface area (TPSA) is 78.9 Å². The van der Waals surface area contributed by atoms with Crippen LogP contribution >= 0.6 is 0 Å². The van der Waals surface area contributed by atoms with Gasteiger partial charge in [-0.05, 0) is 103 Å². The van der Waals surface area contributed by atoms with Crippen LogP contribution in [0.1, 0.15) is 278 Å². The Morgan fingerprint density at radius 3 is 0.901 bits per heavy atom. The summed E-state index contributed by atoms with van der Waals surface area (Å²) in [5, 5.41) is 0. The molecule has 1 atom stereocenters. The molecule has 0 rings (SSSR count). The quantitative estimate of drug-likeness (QED) is 0.0261. The van der Waals surface area contributed by atoms with E-state index in [1.807, 2.05) is 0 Å². The van der Waals surface area contributed by atoms with Crippen molar-refractivity contribution in [2.45, 2.75) is 284 Å². The van der Waals surface area contributed by atoms with Crippen molar-refractivity contribution < 1.29 is 28.6 Å². The smallest absolute Gasteiger partial charge is 0.306 e. The summed E-state index contributed by atoms with van der Waals surface area (Å²) in [7, 11) is 0. The number of hydrogen-bond acceptors (Lipinski definition) is 6. The maximum Gasteiger partial charge on any atom is 0.306 e. The van der Waals surface area contributed by atoms with Crippen molar-refractivity contribution in [3.8, 4) is 0 Å². The average molecular weight is 988 g/mol. The van der Waals surface area contributed by atoms with Crippen LogP contribution in [0.4, 0.5) is 0 Å². The van der Waals surface area contributed by atoms with Gasteiger partial charge in [-0.2, -0.15) is 0 Å². The number of carbonyl (C=O) groups excluding carboxylic acids is 3. The summed E-state index contributed by atoms with van der Waals surface area (Å²) in [5.41, 5.74) is 0. The molecule has 0 fully saturated rings. The van der Waals surface area contributed by atoms with Crippen LogP contribution in [0.15, 0.2) is 97.2 Å². The SMILES string of the molecule is CC/C=C\C/C=C\C/C=C\C/C=C\CCCCCCC(=O)OC[C@H](COC(=O)CCCCC/C=C\C/C=C\C/C=C\C/C=C\CCCCC)OC(=O)CCCCCCCCCCCCCCCCCCC. The van der Waals surface area contributed by atoms with Gasteiger partial charge >= 0.3 is 17.9 Å². The second-order valence-electron chi connectivity index (χ2n) is 19.5. The third kappa shape index (κ3) is 57.1. The molecule has 0 amide bonds. The van der Waals surface area contributed by atoms with Crippen LogP contribution in [0.25, 0.3) is 0 Å². The molecule has 0 saturated heterocycles. The molecular formula is C65H110O6. The van der Waals surface area contributed by atoms with E-state index in [1.54, 1.807) is 0 Å². The molecule has 0 spiro atoms. The summed E-state index contributed by atoms with van der Waals surface area (Å²) in [6.07, 6.45) is 78.2. The van der Waals surface area contributed by atoms with E-state index in [1.165, 1.54) is 116 Å². The molecule has 71 heavy (non-hydrogen) atoms. The average Bonchev–Trinajstić information content (AvgIpc) is 3.37. The van der Waals surface area contributed by atoms with E-state index in [4.69, 9.17) is 14.2 Å². The van der Waals surface area contributed by atoms with Crippen LogP contribution in [0, 0.1) is 0 Å². The summed E-state index contributed by atoms with van der Waals surface area (Å²) < 4.78 is 16.9. The van der Waals surface area contributed by atoms with Gasteiger partial charge in [0.15, 0.2) is 6.10 Å². The predicted molar refractivity (Wildman–Crippen MR) is 307 cm³/mol. The van der Waals surface area contributed by atoms with Gasteiger partial charge in [0.1, 0.15) is 13.2 Å². The van der Waals surface area contributed by atoms with E-state index < -0.39 is 6.10 Å². The summed E-state index contributed by atoms with van der Waals surface area (Å²) in [6, 6.07) is 0. The van der Waals surface area contributed by atoms with Gasteiger partial charge in [0.25, 0.3) is 0 Å². The van der Waals surface area contributed by atoms with E-state index >= 15 is 0 Å². The zero-order chi connectivity index (χ0) is 51.4. The first-order chi connectivity index (χ1) is 35.0. The molecule has 0 saturated carbocycles. The van der Waals surface area contributed by atoms with Crippen molar-refractivity contribution in [3.05, 3.63) is 97.2 Å². The van der Waals surface area contributed by atoms with E-state index in [9.17, 15) is 14.4 Å². The zero-order valence-corrected chi connectivity index (χ0v) is 46.5.